The summed E-state index contributed by atoms with van der Waals surface area (Å²) < 4.78 is 1.19. The van der Waals surface area contributed by atoms with E-state index in [9.17, 15) is 0 Å². The van der Waals surface area contributed by atoms with Crippen LogP contribution < -0.4 is 5.32 Å². The lowest BCUT2D eigenvalue weighted by molar-refractivity contribution is 1.13. The minimum atomic E-state index is 0.840. The quantitative estimate of drug-likeness (QED) is 0.877. The fourth-order valence-corrected chi connectivity index (χ4v) is 2.00. The van der Waals surface area contributed by atoms with Crippen molar-refractivity contribution in [2.45, 2.75) is 13.5 Å². The van der Waals surface area contributed by atoms with Crippen molar-refractivity contribution in [2.75, 3.05) is 5.32 Å². The third-order valence-corrected chi connectivity index (χ3v) is 3.66. The van der Waals surface area contributed by atoms with Crippen LogP contribution >= 0.6 is 15.9 Å². The molecule has 82 valence electrons. The number of rotatable bonds is 3. The maximum Gasteiger partial charge on any atom is 0.0412 e. The second-order valence-electron chi connectivity index (χ2n) is 3.77. The highest BCUT2D eigenvalue weighted by atomic mass is 79.9. The molecule has 0 bridgehead atoms. The van der Waals surface area contributed by atoms with Crippen LogP contribution in [-0.2, 0) is 6.54 Å². The first-order valence-corrected chi connectivity index (χ1v) is 6.09. The van der Waals surface area contributed by atoms with Crippen molar-refractivity contribution in [1.82, 2.24) is 0 Å². The first-order chi connectivity index (χ1) is 7.77. The van der Waals surface area contributed by atoms with Crippen molar-refractivity contribution in [3.8, 4) is 0 Å². The second kappa shape index (κ2) is 5.17. The minimum Gasteiger partial charge on any atom is -0.381 e. The fraction of sp³-hybridized carbons (Fsp3) is 0.143. The zero-order valence-corrected chi connectivity index (χ0v) is 10.8. The second-order valence-corrected chi connectivity index (χ2v) is 4.56. The van der Waals surface area contributed by atoms with Crippen LogP contribution in [0, 0.1) is 6.92 Å². The summed E-state index contributed by atoms with van der Waals surface area (Å²) in [6, 6.07) is 16.6. The molecule has 0 heterocycles. The van der Waals surface area contributed by atoms with Crippen molar-refractivity contribution >= 4 is 21.6 Å². The maximum atomic E-state index is 3.61. The van der Waals surface area contributed by atoms with E-state index in [1.165, 1.54) is 15.6 Å². The standard InChI is InChI=1S/C14H14BrN/c1-11-6-5-7-12(14(11)15)10-16-13-8-3-2-4-9-13/h2-9,16H,10H2,1H3. The molecule has 0 radical (unpaired) electrons. The molecule has 1 nitrogen and oxygen atoms in total. The molecule has 1 N–H and O–H groups in total. The van der Waals surface area contributed by atoms with E-state index in [1.54, 1.807) is 0 Å². The van der Waals surface area contributed by atoms with Gasteiger partial charge in [0, 0.05) is 16.7 Å². The zero-order chi connectivity index (χ0) is 11.4. The van der Waals surface area contributed by atoms with Gasteiger partial charge in [-0.25, -0.2) is 0 Å². The van der Waals surface area contributed by atoms with Crippen LogP contribution in [0.4, 0.5) is 5.69 Å². The summed E-state index contributed by atoms with van der Waals surface area (Å²) in [5.41, 5.74) is 3.70. The van der Waals surface area contributed by atoms with E-state index in [4.69, 9.17) is 0 Å². The third-order valence-electron chi connectivity index (χ3n) is 2.53. The molecule has 2 aromatic rings. The SMILES string of the molecule is Cc1cccc(CNc2ccccc2)c1Br. The van der Waals surface area contributed by atoms with Crippen LogP contribution in [0.3, 0.4) is 0 Å². The van der Waals surface area contributed by atoms with Crippen molar-refractivity contribution < 1.29 is 0 Å². The highest BCUT2D eigenvalue weighted by Crippen LogP contribution is 2.21. The van der Waals surface area contributed by atoms with Crippen LogP contribution in [0.5, 0.6) is 0 Å². The molecule has 0 atom stereocenters. The lowest BCUT2D eigenvalue weighted by atomic mass is 10.1. The molecule has 0 aliphatic rings. The van der Waals surface area contributed by atoms with Gasteiger partial charge >= 0.3 is 0 Å². The van der Waals surface area contributed by atoms with Crippen LogP contribution in [0.2, 0.25) is 0 Å². The molecule has 0 amide bonds. The van der Waals surface area contributed by atoms with E-state index in [1.807, 2.05) is 18.2 Å². The third kappa shape index (κ3) is 2.64. The summed E-state index contributed by atoms with van der Waals surface area (Å²) in [7, 11) is 0. The van der Waals surface area contributed by atoms with E-state index < -0.39 is 0 Å². The number of benzene rings is 2. The number of para-hydroxylation sites is 1. The molecule has 0 fully saturated rings. The molecule has 0 aliphatic heterocycles. The Morgan fingerprint density at radius 2 is 1.75 bits per heavy atom. The topological polar surface area (TPSA) is 12.0 Å². The summed E-state index contributed by atoms with van der Waals surface area (Å²) in [6.07, 6.45) is 0. The molecule has 2 heteroatoms. The Hall–Kier alpha value is -1.28. The summed E-state index contributed by atoms with van der Waals surface area (Å²) in [4.78, 5) is 0. The molecular formula is C14H14BrN. The zero-order valence-electron chi connectivity index (χ0n) is 9.20. The Kier molecular flexibility index (Phi) is 3.62. The van der Waals surface area contributed by atoms with Crippen LogP contribution in [0.15, 0.2) is 53.0 Å². The predicted octanol–water partition coefficient (Wildman–Crippen LogP) is 4.37. The van der Waals surface area contributed by atoms with Gasteiger partial charge < -0.3 is 5.32 Å². The van der Waals surface area contributed by atoms with Gasteiger partial charge in [-0.05, 0) is 30.2 Å². The Labute approximate surface area is 105 Å². The molecule has 16 heavy (non-hydrogen) atoms. The molecule has 0 aromatic heterocycles. The van der Waals surface area contributed by atoms with Gasteiger partial charge in [-0.3, -0.25) is 0 Å². The smallest absolute Gasteiger partial charge is 0.0412 e. The van der Waals surface area contributed by atoms with E-state index in [0.29, 0.717) is 0 Å². The summed E-state index contributed by atoms with van der Waals surface area (Å²) in [5, 5.41) is 3.40. The van der Waals surface area contributed by atoms with Crippen LogP contribution in [-0.4, -0.2) is 0 Å². The highest BCUT2D eigenvalue weighted by molar-refractivity contribution is 9.10. The van der Waals surface area contributed by atoms with Crippen molar-refractivity contribution in [2.24, 2.45) is 0 Å². The lowest BCUT2D eigenvalue weighted by Gasteiger charge is -2.09. The molecule has 0 saturated heterocycles. The predicted molar refractivity (Wildman–Crippen MR) is 72.6 cm³/mol. The number of nitrogens with one attached hydrogen (secondary N) is 1. The monoisotopic (exact) mass is 275 g/mol. The van der Waals surface area contributed by atoms with E-state index in [2.05, 4.69) is 58.5 Å². The van der Waals surface area contributed by atoms with Crippen LogP contribution in [0.1, 0.15) is 11.1 Å². The van der Waals surface area contributed by atoms with Gasteiger partial charge in [0.15, 0.2) is 0 Å². The number of hydrogen-bond acceptors (Lipinski definition) is 1. The minimum absolute atomic E-state index is 0.840. The molecule has 0 unspecified atom stereocenters. The van der Waals surface area contributed by atoms with Gasteiger partial charge in [0.2, 0.25) is 0 Å². The maximum absolute atomic E-state index is 3.61. The van der Waals surface area contributed by atoms with Gasteiger partial charge in [0.25, 0.3) is 0 Å². The van der Waals surface area contributed by atoms with E-state index >= 15 is 0 Å². The Morgan fingerprint density at radius 3 is 2.50 bits per heavy atom. The van der Waals surface area contributed by atoms with Gasteiger partial charge in [-0.2, -0.15) is 0 Å². The molecule has 2 rings (SSSR count). The molecule has 2 aromatic carbocycles. The number of aryl methyl sites for hydroxylation is 1. The average Bonchev–Trinajstić information content (AvgIpc) is 2.32. The normalized spacial score (nSPS) is 10.1. The van der Waals surface area contributed by atoms with E-state index in [-0.39, 0.29) is 0 Å². The molecule has 0 saturated carbocycles. The summed E-state index contributed by atoms with van der Waals surface area (Å²) >= 11 is 3.61. The molecular weight excluding hydrogens is 262 g/mol. The van der Waals surface area contributed by atoms with Crippen molar-refractivity contribution in [1.29, 1.82) is 0 Å². The average molecular weight is 276 g/mol. The Balaban J connectivity index is 2.08. The van der Waals surface area contributed by atoms with E-state index in [0.717, 1.165) is 12.2 Å². The summed E-state index contributed by atoms with van der Waals surface area (Å²) in [5.74, 6) is 0. The first-order valence-electron chi connectivity index (χ1n) is 5.30. The largest absolute Gasteiger partial charge is 0.381 e. The number of hydrogen-bond donors (Lipinski definition) is 1. The van der Waals surface area contributed by atoms with Gasteiger partial charge in [0.1, 0.15) is 0 Å². The van der Waals surface area contributed by atoms with Gasteiger partial charge in [0.05, 0.1) is 0 Å². The lowest BCUT2D eigenvalue weighted by Crippen LogP contribution is -2.00. The summed E-state index contributed by atoms with van der Waals surface area (Å²) in [6.45, 7) is 2.95. The molecule has 0 spiro atoms. The number of anilines is 1. The highest BCUT2D eigenvalue weighted by Gasteiger charge is 2.01. The van der Waals surface area contributed by atoms with Crippen molar-refractivity contribution in [3.05, 3.63) is 64.1 Å². The number of halogens is 1. The van der Waals surface area contributed by atoms with Crippen molar-refractivity contribution in [3.63, 3.8) is 0 Å². The molecule has 0 aliphatic carbocycles. The Morgan fingerprint density at radius 1 is 1.00 bits per heavy atom. The van der Waals surface area contributed by atoms with Gasteiger partial charge in [-0.15, -0.1) is 0 Å². The van der Waals surface area contributed by atoms with Crippen LogP contribution in [0.25, 0.3) is 0 Å². The first kappa shape index (κ1) is 11.2. The fourth-order valence-electron chi connectivity index (χ4n) is 1.60. The van der Waals surface area contributed by atoms with Gasteiger partial charge in [-0.1, -0.05) is 52.3 Å². The Bertz CT molecular complexity index is 465.